The highest BCUT2D eigenvalue weighted by Crippen LogP contribution is 2.33. The van der Waals surface area contributed by atoms with Crippen molar-refractivity contribution in [3.8, 4) is 0 Å². The van der Waals surface area contributed by atoms with Crippen molar-refractivity contribution in [2.45, 2.75) is 64.5 Å². The number of rotatable bonds is 5. The number of piperidine rings is 1. The van der Waals surface area contributed by atoms with E-state index in [9.17, 15) is 13.2 Å². The van der Waals surface area contributed by atoms with E-state index >= 15 is 0 Å². The van der Waals surface area contributed by atoms with Crippen molar-refractivity contribution in [2.75, 3.05) is 31.5 Å². The quantitative estimate of drug-likeness (QED) is 0.735. The van der Waals surface area contributed by atoms with Crippen LogP contribution in [0.25, 0.3) is 11.0 Å². The summed E-state index contributed by atoms with van der Waals surface area (Å²) in [7, 11) is -3.37. The highest BCUT2D eigenvalue weighted by molar-refractivity contribution is 7.86. The molecule has 3 aliphatic rings. The maximum atomic E-state index is 12.8. The molecule has 10 heteroatoms. The maximum Gasteiger partial charge on any atom is 0.282 e. The van der Waals surface area contributed by atoms with Gasteiger partial charge >= 0.3 is 0 Å². The van der Waals surface area contributed by atoms with Crippen LogP contribution in [0, 0.1) is 5.41 Å². The zero-order chi connectivity index (χ0) is 22.5. The molecule has 1 saturated carbocycles. The summed E-state index contributed by atoms with van der Waals surface area (Å²) in [5.41, 5.74) is 0.740. The van der Waals surface area contributed by atoms with Crippen molar-refractivity contribution >= 4 is 27.2 Å². The van der Waals surface area contributed by atoms with E-state index in [1.807, 2.05) is 4.57 Å². The lowest BCUT2D eigenvalue weighted by atomic mass is 9.87. The van der Waals surface area contributed by atoms with Gasteiger partial charge in [0, 0.05) is 55.9 Å². The van der Waals surface area contributed by atoms with Crippen molar-refractivity contribution in [3.05, 3.63) is 28.7 Å². The van der Waals surface area contributed by atoms with Crippen LogP contribution in [0.2, 0.25) is 0 Å². The molecule has 1 aliphatic carbocycles. The Hall–Kier alpha value is -2.04. The Morgan fingerprint density at radius 3 is 2.38 bits per heavy atom. The fraction of sp³-hybridized carbons (Fsp3) is 0.682. The number of hydrogen-bond donors (Lipinski definition) is 1. The van der Waals surface area contributed by atoms with Gasteiger partial charge in [0.2, 0.25) is 5.95 Å². The summed E-state index contributed by atoms with van der Waals surface area (Å²) < 4.78 is 30.7. The minimum absolute atomic E-state index is 0.0123. The zero-order valence-corrected chi connectivity index (χ0v) is 19.6. The summed E-state index contributed by atoms with van der Waals surface area (Å²) in [6.45, 7) is 6.31. The van der Waals surface area contributed by atoms with E-state index in [2.05, 4.69) is 24.1 Å². The van der Waals surface area contributed by atoms with Gasteiger partial charge in [-0.2, -0.15) is 22.0 Å². The summed E-state index contributed by atoms with van der Waals surface area (Å²) in [5.74, 6) is 0.501. The van der Waals surface area contributed by atoms with E-state index in [1.54, 1.807) is 26.9 Å². The third-order valence-corrected chi connectivity index (χ3v) is 8.93. The predicted molar refractivity (Wildman–Crippen MR) is 124 cm³/mol. The van der Waals surface area contributed by atoms with Crippen LogP contribution >= 0.6 is 0 Å². The topological polar surface area (TPSA) is 100 Å². The Kier molecular flexibility index (Phi) is 5.50. The van der Waals surface area contributed by atoms with Gasteiger partial charge in [0.05, 0.1) is 0 Å². The Bertz CT molecular complexity index is 1160. The van der Waals surface area contributed by atoms with Gasteiger partial charge in [-0.25, -0.2) is 4.98 Å². The van der Waals surface area contributed by atoms with Gasteiger partial charge in [0.15, 0.2) is 0 Å². The molecule has 0 bridgehead atoms. The molecule has 0 atom stereocenters. The Morgan fingerprint density at radius 2 is 1.72 bits per heavy atom. The molecule has 1 N–H and O–H groups in total. The molecule has 4 heterocycles. The molecule has 2 aliphatic heterocycles. The number of anilines is 1. The smallest absolute Gasteiger partial charge is 0.282 e. The van der Waals surface area contributed by atoms with Crippen LogP contribution in [0.4, 0.5) is 5.95 Å². The van der Waals surface area contributed by atoms with Crippen LogP contribution in [0.15, 0.2) is 23.1 Å². The molecule has 9 nitrogen and oxygen atoms in total. The van der Waals surface area contributed by atoms with E-state index in [1.165, 1.54) is 0 Å². The summed E-state index contributed by atoms with van der Waals surface area (Å²) >= 11 is 0. The molecule has 0 spiro atoms. The van der Waals surface area contributed by atoms with E-state index in [-0.39, 0.29) is 23.1 Å². The van der Waals surface area contributed by atoms with Crippen LogP contribution < -0.4 is 10.9 Å². The van der Waals surface area contributed by atoms with Gasteiger partial charge in [0.25, 0.3) is 15.8 Å². The molecule has 0 amide bonds. The lowest BCUT2D eigenvalue weighted by molar-refractivity contribution is 0.101. The number of fused-ring (bicyclic) bond motifs is 1. The molecule has 2 saturated heterocycles. The fourth-order valence-electron chi connectivity index (χ4n) is 5.27. The van der Waals surface area contributed by atoms with Crippen molar-refractivity contribution in [1.82, 2.24) is 23.1 Å². The summed E-state index contributed by atoms with van der Waals surface area (Å²) in [4.78, 5) is 21.8. The van der Waals surface area contributed by atoms with Crippen LogP contribution in [0.1, 0.15) is 58.4 Å². The molecule has 3 fully saturated rings. The van der Waals surface area contributed by atoms with Crippen molar-refractivity contribution < 1.29 is 8.42 Å². The van der Waals surface area contributed by atoms with Gasteiger partial charge < -0.3 is 5.32 Å². The van der Waals surface area contributed by atoms with Crippen molar-refractivity contribution in [1.29, 1.82) is 0 Å². The van der Waals surface area contributed by atoms with Crippen LogP contribution in [0.3, 0.4) is 0 Å². The van der Waals surface area contributed by atoms with Gasteiger partial charge in [-0.3, -0.25) is 9.36 Å². The SMILES string of the molecule is CC1(C)CN(S(=O)(=O)N2CCC(Nc3ncc4ccc(=O)n(C5CCCC5)c4n3)CC2)C1. The highest BCUT2D eigenvalue weighted by Gasteiger charge is 2.44. The molecule has 32 heavy (non-hydrogen) atoms. The lowest BCUT2D eigenvalue weighted by Gasteiger charge is -2.47. The number of nitrogens with zero attached hydrogens (tertiary/aromatic N) is 5. The molecular formula is C22H32N6O3S. The van der Waals surface area contributed by atoms with Gasteiger partial charge in [-0.05, 0) is 37.2 Å². The molecule has 5 rings (SSSR count). The van der Waals surface area contributed by atoms with E-state index in [0.29, 0.717) is 50.6 Å². The Balaban J connectivity index is 1.28. The average Bonchev–Trinajstić information content (AvgIpc) is 3.26. The van der Waals surface area contributed by atoms with E-state index < -0.39 is 10.2 Å². The minimum Gasteiger partial charge on any atom is -0.351 e. The third-order valence-electron chi connectivity index (χ3n) is 7.01. The molecule has 174 valence electrons. The lowest BCUT2D eigenvalue weighted by Crippen LogP contribution is -2.60. The van der Waals surface area contributed by atoms with Crippen LogP contribution in [-0.4, -0.2) is 63.8 Å². The Morgan fingerprint density at radius 1 is 1.03 bits per heavy atom. The minimum atomic E-state index is -3.37. The molecule has 0 radical (unpaired) electrons. The molecular weight excluding hydrogens is 428 g/mol. The van der Waals surface area contributed by atoms with Crippen molar-refractivity contribution in [2.24, 2.45) is 5.41 Å². The first-order valence-corrected chi connectivity index (χ1v) is 13.0. The average molecular weight is 461 g/mol. The molecule has 0 unspecified atom stereocenters. The van der Waals surface area contributed by atoms with E-state index in [0.717, 1.165) is 31.1 Å². The molecule has 2 aromatic heterocycles. The maximum absolute atomic E-state index is 12.8. The third kappa shape index (κ3) is 4.04. The monoisotopic (exact) mass is 460 g/mol. The standard InChI is InChI=1S/C22H32N6O3S/c1-22(2)14-27(15-22)32(30,31)26-11-9-17(10-12-26)24-21-23-13-16-7-8-19(29)28(20(16)25-21)18-5-3-4-6-18/h7-8,13,17-18H,3-6,9-12,14-15H2,1-2H3,(H,23,24,25). The van der Waals surface area contributed by atoms with Gasteiger partial charge in [-0.15, -0.1) is 0 Å². The first-order valence-electron chi connectivity index (χ1n) is 11.6. The van der Waals surface area contributed by atoms with Gasteiger partial charge in [0.1, 0.15) is 5.65 Å². The predicted octanol–water partition coefficient (Wildman–Crippen LogP) is 2.37. The van der Waals surface area contributed by atoms with Gasteiger partial charge in [-0.1, -0.05) is 26.7 Å². The summed E-state index contributed by atoms with van der Waals surface area (Å²) in [6.07, 6.45) is 7.45. The number of aromatic nitrogens is 3. The molecule has 2 aromatic rings. The second kappa shape index (κ2) is 8.07. The highest BCUT2D eigenvalue weighted by atomic mass is 32.2. The zero-order valence-electron chi connectivity index (χ0n) is 18.8. The second-order valence-corrected chi connectivity index (χ2v) is 12.1. The van der Waals surface area contributed by atoms with Crippen LogP contribution in [0.5, 0.6) is 0 Å². The largest absolute Gasteiger partial charge is 0.351 e. The summed E-state index contributed by atoms with van der Waals surface area (Å²) in [5, 5.41) is 4.24. The molecule has 0 aromatic carbocycles. The van der Waals surface area contributed by atoms with E-state index in [4.69, 9.17) is 4.98 Å². The fourth-order valence-corrected chi connectivity index (χ4v) is 7.30. The first-order chi connectivity index (χ1) is 15.2. The first kappa shape index (κ1) is 21.8. The second-order valence-electron chi connectivity index (χ2n) is 10.2. The number of nitrogens with one attached hydrogen (secondary N) is 1. The summed E-state index contributed by atoms with van der Waals surface area (Å²) in [6, 6.07) is 3.69. The normalized spacial score (nSPS) is 23.4. The number of pyridine rings is 1. The van der Waals surface area contributed by atoms with Crippen molar-refractivity contribution in [3.63, 3.8) is 0 Å². The number of hydrogen-bond acceptors (Lipinski definition) is 6. The Labute approximate surface area is 189 Å². The van der Waals surface area contributed by atoms with Crippen LogP contribution in [-0.2, 0) is 10.2 Å².